The standard InChI is InChI=1S/C14H23N5O3/c1-10(19-7-5-3-4-6-8-19)13(20)16-9-11-17-12(18-22-11)14(21)15-2/h10H,3-9H2,1-2H3,(H,15,21)(H,16,20)/t10-/m1/s1. The first kappa shape index (κ1) is 16.4. The van der Waals surface area contributed by atoms with Crippen molar-refractivity contribution in [2.24, 2.45) is 0 Å². The Labute approximate surface area is 129 Å². The van der Waals surface area contributed by atoms with Gasteiger partial charge in [0.2, 0.25) is 11.8 Å². The van der Waals surface area contributed by atoms with Crippen molar-refractivity contribution in [3.63, 3.8) is 0 Å². The monoisotopic (exact) mass is 309 g/mol. The Morgan fingerprint density at radius 2 is 1.95 bits per heavy atom. The van der Waals surface area contributed by atoms with Gasteiger partial charge < -0.3 is 15.2 Å². The molecule has 8 nitrogen and oxygen atoms in total. The van der Waals surface area contributed by atoms with Crippen molar-refractivity contribution in [2.45, 2.75) is 45.2 Å². The van der Waals surface area contributed by atoms with Gasteiger partial charge in [-0.3, -0.25) is 14.5 Å². The summed E-state index contributed by atoms with van der Waals surface area (Å²) in [5.74, 6) is -0.303. The molecular weight excluding hydrogens is 286 g/mol. The Hall–Kier alpha value is -1.96. The first-order valence-electron chi connectivity index (χ1n) is 7.68. The van der Waals surface area contributed by atoms with Crippen LogP contribution in [0.3, 0.4) is 0 Å². The minimum absolute atomic E-state index is 0.0349. The van der Waals surface area contributed by atoms with Crippen LogP contribution in [0.4, 0.5) is 0 Å². The molecule has 1 aromatic rings. The molecule has 1 aliphatic rings. The van der Waals surface area contributed by atoms with E-state index in [0.717, 1.165) is 25.9 Å². The summed E-state index contributed by atoms with van der Waals surface area (Å²) in [6.45, 7) is 3.94. The van der Waals surface area contributed by atoms with E-state index in [-0.39, 0.29) is 30.2 Å². The highest BCUT2D eigenvalue weighted by atomic mass is 16.5. The SMILES string of the molecule is CNC(=O)c1noc(CNC(=O)[C@@H](C)N2CCCCCC2)n1. The van der Waals surface area contributed by atoms with Gasteiger partial charge in [-0.05, 0) is 32.9 Å². The number of nitrogens with zero attached hydrogens (tertiary/aromatic N) is 3. The number of likely N-dealkylation sites (tertiary alicyclic amines) is 1. The summed E-state index contributed by atoms with van der Waals surface area (Å²) < 4.78 is 4.93. The number of rotatable bonds is 5. The molecule has 0 aliphatic carbocycles. The molecule has 1 saturated heterocycles. The second-order valence-corrected chi connectivity index (χ2v) is 5.43. The fraction of sp³-hybridized carbons (Fsp3) is 0.714. The Morgan fingerprint density at radius 3 is 2.59 bits per heavy atom. The third-order valence-electron chi connectivity index (χ3n) is 3.88. The smallest absolute Gasteiger partial charge is 0.292 e. The molecule has 1 aliphatic heterocycles. The molecule has 0 saturated carbocycles. The van der Waals surface area contributed by atoms with Gasteiger partial charge in [-0.15, -0.1) is 0 Å². The van der Waals surface area contributed by atoms with E-state index in [2.05, 4.69) is 25.7 Å². The van der Waals surface area contributed by atoms with Gasteiger partial charge in [-0.1, -0.05) is 18.0 Å². The molecule has 122 valence electrons. The van der Waals surface area contributed by atoms with Gasteiger partial charge in [-0.25, -0.2) is 0 Å². The summed E-state index contributed by atoms with van der Waals surface area (Å²) in [4.78, 5) is 29.6. The largest absolute Gasteiger partial charge is 0.352 e. The first-order valence-corrected chi connectivity index (χ1v) is 7.68. The van der Waals surface area contributed by atoms with Gasteiger partial charge >= 0.3 is 0 Å². The fourth-order valence-corrected chi connectivity index (χ4v) is 2.49. The molecule has 2 rings (SSSR count). The van der Waals surface area contributed by atoms with Gasteiger partial charge in [0.05, 0.1) is 12.6 Å². The molecule has 0 unspecified atom stereocenters. The summed E-state index contributed by atoms with van der Waals surface area (Å²) in [5.41, 5.74) is 0. The highest BCUT2D eigenvalue weighted by molar-refractivity contribution is 5.89. The summed E-state index contributed by atoms with van der Waals surface area (Å²) in [6, 6.07) is -0.181. The van der Waals surface area contributed by atoms with Crippen molar-refractivity contribution in [3.05, 3.63) is 11.7 Å². The van der Waals surface area contributed by atoms with Gasteiger partial charge in [-0.2, -0.15) is 4.98 Å². The second-order valence-electron chi connectivity index (χ2n) is 5.43. The molecule has 22 heavy (non-hydrogen) atoms. The van der Waals surface area contributed by atoms with Crippen molar-refractivity contribution < 1.29 is 14.1 Å². The molecule has 0 radical (unpaired) electrons. The number of amides is 2. The van der Waals surface area contributed by atoms with Crippen LogP contribution in [0, 0.1) is 0 Å². The predicted octanol–water partition coefficient (Wildman–Crippen LogP) is 0.310. The fourth-order valence-electron chi connectivity index (χ4n) is 2.49. The van der Waals surface area contributed by atoms with Crippen LogP contribution in [0.25, 0.3) is 0 Å². The van der Waals surface area contributed by atoms with Crippen LogP contribution in [0.15, 0.2) is 4.52 Å². The molecule has 1 aromatic heterocycles. The Kier molecular flexibility index (Phi) is 5.88. The van der Waals surface area contributed by atoms with E-state index in [1.165, 1.54) is 19.9 Å². The van der Waals surface area contributed by atoms with Crippen molar-refractivity contribution >= 4 is 11.8 Å². The molecule has 0 bridgehead atoms. The van der Waals surface area contributed by atoms with E-state index in [1.54, 1.807) is 0 Å². The third kappa shape index (κ3) is 4.27. The Balaban J connectivity index is 1.83. The molecule has 2 amide bonds. The van der Waals surface area contributed by atoms with Crippen LogP contribution in [0.5, 0.6) is 0 Å². The van der Waals surface area contributed by atoms with E-state index in [0.29, 0.717) is 0 Å². The van der Waals surface area contributed by atoms with E-state index in [4.69, 9.17) is 4.52 Å². The lowest BCUT2D eigenvalue weighted by Gasteiger charge is -2.26. The molecule has 1 fully saturated rings. The van der Waals surface area contributed by atoms with Crippen molar-refractivity contribution in [2.75, 3.05) is 20.1 Å². The van der Waals surface area contributed by atoms with Crippen LogP contribution in [0.2, 0.25) is 0 Å². The van der Waals surface area contributed by atoms with Gasteiger partial charge in [0.15, 0.2) is 0 Å². The number of nitrogens with one attached hydrogen (secondary N) is 2. The highest BCUT2D eigenvalue weighted by Crippen LogP contribution is 2.12. The average molecular weight is 309 g/mol. The minimum atomic E-state index is -0.417. The maximum absolute atomic E-state index is 12.2. The lowest BCUT2D eigenvalue weighted by atomic mass is 10.2. The number of hydrogen-bond donors (Lipinski definition) is 2. The van der Waals surface area contributed by atoms with Crippen LogP contribution >= 0.6 is 0 Å². The lowest BCUT2D eigenvalue weighted by molar-refractivity contribution is -0.126. The van der Waals surface area contributed by atoms with Gasteiger partial charge in [0.1, 0.15) is 0 Å². The topological polar surface area (TPSA) is 100 Å². The van der Waals surface area contributed by atoms with Crippen LogP contribution in [-0.2, 0) is 11.3 Å². The molecule has 0 spiro atoms. The summed E-state index contributed by atoms with van der Waals surface area (Å²) in [7, 11) is 1.49. The van der Waals surface area contributed by atoms with Crippen LogP contribution in [-0.4, -0.2) is 53.0 Å². The number of carbonyl (C=O) groups is 2. The first-order chi connectivity index (χ1) is 10.6. The van der Waals surface area contributed by atoms with E-state index in [1.807, 2.05) is 6.92 Å². The second kappa shape index (κ2) is 7.88. The number of hydrogen-bond acceptors (Lipinski definition) is 6. The Morgan fingerprint density at radius 1 is 1.27 bits per heavy atom. The zero-order valence-corrected chi connectivity index (χ0v) is 13.1. The summed E-state index contributed by atoms with van der Waals surface area (Å²) in [6.07, 6.45) is 4.73. The quantitative estimate of drug-likeness (QED) is 0.812. The molecular formula is C14H23N5O3. The van der Waals surface area contributed by atoms with E-state index < -0.39 is 5.91 Å². The average Bonchev–Trinajstić information content (AvgIpc) is 2.84. The summed E-state index contributed by atoms with van der Waals surface area (Å²) in [5, 5.41) is 8.74. The van der Waals surface area contributed by atoms with Crippen molar-refractivity contribution in [3.8, 4) is 0 Å². The molecule has 2 heterocycles. The summed E-state index contributed by atoms with van der Waals surface area (Å²) >= 11 is 0. The van der Waals surface area contributed by atoms with E-state index in [9.17, 15) is 9.59 Å². The van der Waals surface area contributed by atoms with Crippen LogP contribution < -0.4 is 10.6 Å². The van der Waals surface area contributed by atoms with Crippen molar-refractivity contribution in [1.82, 2.24) is 25.7 Å². The lowest BCUT2D eigenvalue weighted by Crippen LogP contribution is -2.45. The maximum Gasteiger partial charge on any atom is 0.292 e. The number of carbonyl (C=O) groups excluding carboxylic acids is 2. The molecule has 2 N–H and O–H groups in total. The Bertz CT molecular complexity index is 508. The molecule has 8 heteroatoms. The van der Waals surface area contributed by atoms with Crippen molar-refractivity contribution in [1.29, 1.82) is 0 Å². The molecule has 1 atom stereocenters. The molecule has 0 aromatic carbocycles. The normalized spacial score (nSPS) is 17.5. The number of aromatic nitrogens is 2. The zero-order chi connectivity index (χ0) is 15.9. The third-order valence-corrected chi connectivity index (χ3v) is 3.88. The van der Waals surface area contributed by atoms with Gasteiger partial charge in [0, 0.05) is 7.05 Å². The maximum atomic E-state index is 12.2. The zero-order valence-electron chi connectivity index (χ0n) is 13.1. The van der Waals surface area contributed by atoms with Gasteiger partial charge in [0.25, 0.3) is 11.7 Å². The van der Waals surface area contributed by atoms with E-state index >= 15 is 0 Å². The predicted molar refractivity (Wildman–Crippen MR) is 79.0 cm³/mol. The minimum Gasteiger partial charge on any atom is -0.352 e. The highest BCUT2D eigenvalue weighted by Gasteiger charge is 2.22. The van der Waals surface area contributed by atoms with Crippen LogP contribution in [0.1, 0.15) is 49.1 Å².